The first kappa shape index (κ1) is 11.2. The molecular weight excluding hydrogens is 198 g/mol. The SMILES string of the molecule is CCOC(=O)CC(N)c1ccc(C)s1. The molecule has 2 N–H and O–H groups in total. The van der Waals surface area contributed by atoms with Crippen LogP contribution >= 0.6 is 11.3 Å². The molecule has 1 aromatic heterocycles. The molecule has 14 heavy (non-hydrogen) atoms. The monoisotopic (exact) mass is 213 g/mol. The van der Waals surface area contributed by atoms with E-state index in [1.807, 2.05) is 19.1 Å². The first-order valence-corrected chi connectivity index (χ1v) is 5.42. The van der Waals surface area contributed by atoms with Crippen LogP contribution in [0.25, 0.3) is 0 Å². The first-order valence-electron chi connectivity index (χ1n) is 4.61. The quantitative estimate of drug-likeness (QED) is 0.778. The van der Waals surface area contributed by atoms with Crippen molar-refractivity contribution in [2.24, 2.45) is 5.73 Å². The van der Waals surface area contributed by atoms with Crippen molar-refractivity contribution >= 4 is 17.3 Å². The van der Waals surface area contributed by atoms with E-state index in [2.05, 4.69) is 0 Å². The van der Waals surface area contributed by atoms with Crippen molar-refractivity contribution in [3.05, 3.63) is 21.9 Å². The summed E-state index contributed by atoms with van der Waals surface area (Å²) < 4.78 is 4.83. The molecule has 0 bridgehead atoms. The number of thiophene rings is 1. The van der Waals surface area contributed by atoms with Gasteiger partial charge in [-0.25, -0.2) is 0 Å². The minimum absolute atomic E-state index is 0.229. The van der Waals surface area contributed by atoms with Gasteiger partial charge < -0.3 is 10.5 Å². The normalized spacial score (nSPS) is 12.5. The van der Waals surface area contributed by atoms with Crippen molar-refractivity contribution in [2.45, 2.75) is 26.3 Å². The van der Waals surface area contributed by atoms with E-state index < -0.39 is 0 Å². The van der Waals surface area contributed by atoms with E-state index >= 15 is 0 Å². The van der Waals surface area contributed by atoms with Gasteiger partial charge in [-0.1, -0.05) is 0 Å². The number of hydrogen-bond acceptors (Lipinski definition) is 4. The summed E-state index contributed by atoms with van der Waals surface area (Å²) in [6.45, 7) is 4.22. The van der Waals surface area contributed by atoms with Gasteiger partial charge in [0.1, 0.15) is 0 Å². The fraction of sp³-hybridized carbons (Fsp3) is 0.500. The molecule has 0 aliphatic heterocycles. The van der Waals surface area contributed by atoms with E-state index in [1.54, 1.807) is 18.3 Å². The van der Waals surface area contributed by atoms with Gasteiger partial charge in [-0.15, -0.1) is 11.3 Å². The Balaban J connectivity index is 2.50. The highest BCUT2D eigenvalue weighted by Gasteiger charge is 2.13. The third kappa shape index (κ3) is 3.12. The summed E-state index contributed by atoms with van der Waals surface area (Å²) in [4.78, 5) is 13.4. The second-order valence-electron chi connectivity index (χ2n) is 3.06. The van der Waals surface area contributed by atoms with Crippen LogP contribution in [-0.4, -0.2) is 12.6 Å². The standard InChI is InChI=1S/C10H15NO2S/c1-3-13-10(12)6-8(11)9-5-4-7(2)14-9/h4-5,8H,3,6,11H2,1-2H3. The number of esters is 1. The Labute approximate surface area is 87.9 Å². The number of carbonyl (C=O) groups excluding carboxylic acids is 1. The van der Waals surface area contributed by atoms with E-state index in [0.717, 1.165) is 4.88 Å². The molecule has 0 radical (unpaired) electrons. The molecule has 4 heteroatoms. The Bertz CT molecular complexity index is 309. The minimum Gasteiger partial charge on any atom is -0.466 e. The molecule has 1 heterocycles. The van der Waals surface area contributed by atoms with Gasteiger partial charge in [0.2, 0.25) is 0 Å². The number of hydrogen-bond donors (Lipinski definition) is 1. The van der Waals surface area contributed by atoms with E-state index in [-0.39, 0.29) is 18.4 Å². The van der Waals surface area contributed by atoms with Gasteiger partial charge in [-0.2, -0.15) is 0 Å². The molecule has 0 spiro atoms. The van der Waals surface area contributed by atoms with Crippen molar-refractivity contribution in [3.63, 3.8) is 0 Å². The highest BCUT2D eigenvalue weighted by molar-refractivity contribution is 7.12. The molecular formula is C10H15NO2S. The zero-order valence-corrected chi connectivity index (χ0v) is 9.26. The summed E-state index contributed by atoms with van der Waals surface area (Å²) in [5.74, 6) is -0.231. The van der Waals surface area contributed by atoms with Crippen molar-refractivity contribution < 1.29 is 9.53 Å². The molecule has 0 saturated carbocycles. The third-order valence-electron chi connectivity index (χ3n) is 1.82. The predicted molar refractivity (Wildman–Crippen MR) is 57.2 cm³/mol. The number of ether oxygens (including phenoxy) is 1. The van der Waals surface area contributed by atoms with E-state index in [4.69, 9.17) is 10.5 Å². The largest absolute Gasteiger partial charge is 0.466 e. The smallest absolute Gasteiger partial charge is 0.307 e. The van der Waals surface area contributed by atoms with Crippen LogP contribution in [0.4, 0.5) is 0 Å². The molecule has 1 unspecified atom stereocenters. The van der Waals surface area contributed by atoms with Gasteiger partial charge in [-0.05, 0) is 26.0 Å². The van der Waals surface area contributed by atoms with E-state index in [1.165, 1.54) is 4.88 Å². The molecule has 0 aromatic carbocycles. The van der Waals surface area contributed by atoms with Gasteiger partial charge >= 0.3 is 5.97 Å². The van der Waals surface area contributed by atoms with Crippen molar-refractivity contribution in [3.8, 4) is 0 Å². The second kappa shape index (κ2) is 5.12. The van der Waals surface area contributed by atoms with Crippen molar-refractivity contribution in [1.82, 2.24) is 0 Å². The summed E-state index contributed by atoms with van der Waals surface area (Å²) in [5, 5.41) is 0. The maximum atomic E-state index is 11.1. The van der Waals surface area contributed by atoms with Crippen LogP contribution in [-0.2, 0) is 9.53 Å². The Hall–Kier alpha value is -0.870. The van der Waals surface area contributed by atoms with Crippen LogP contribution in [0.5, 0.6) is 0 Å². The Morgan fingerprint density at radius 2 is 2.36 bits per heavy atom. The van der Waals surface area contributed by atoms with Crippen LogP contribution in [0.2, 0.25) is 0 Å². The van der Waals surface area contributed by atoms with Gasteiger partial charge in [0.25, 0.3) is 0 Å². The van der Waals surface area contributed by atoms with Crippen molar-refractivity contribution in [1.29, 1.82) is 0 Å². The Morgan fingerprint density at radius 1 is 1.64 bits per heavy atom. The molecule has 1 atom stereocenters. The average molecular weight is 213 g/mol. The zero-order valence-electron chi connectivity index (χ0n) is 8.45. The molecule has 0 aliphatic rings. The number of aryl methyl sites for hydroxylation is 1. The van der Waals surface area contributed by atoms with Crippen molar-refractivity contribution in [2.75, 3.05) is 6.61 Å². The molecule has 78 valence electrons. The fourth-order valence-electron chi connectivity index (χ4n) is 1.15. The number of nitrogens with two attached hydrogens (primary N) is 1. The summed E-state index contributed by atoms with van der Waals surface area (Å²) in [6, 6.07) is 3.74. The molecule has 0 saturated heterocycles. The molecule has 1 rings (SSSR count). The van der Waals surface area contributed by atoms with Gasteiger partial charge in [-0.3, -0.25) is 4.79 Å². The minimum atomic E-state index is -0.231. The molecule has 0 fully saturated rings. The highest BCUT2D eigenvalue weighted by atomic mass is 32.1. The van der Waals surface area contributed by atoms with Gasteiger partial charge in [0.05, 0.1) is 13.0 Å². The maximum Gasteiger partial charge on any atom is 0.307 e. The summed E-state index contributed by atoms with van der Waals surface area (Å²) in [6.07, 6.45) is 0.258. The first-order chi connectivity index (χ1) is 6.63. The van der Waals surface area contributed by atoms with Gasteiger partial charge in [0, 0.05) is 15.8 Å². The fourth-order valence-corrected chi connectivity index (χ4v) is 2.03. The Morgan fingerprint density at radius 3 is 2.86 bits per heavy atom. The van der Waals surface area contributed by atoms with Crippen LogP contribution in [0.3, 0.4) is 0 Å². The lowest BCUT2D eigenvalue weighted by Crippen LogP contribution is -2.16. The maximum absolute atomic E-state index is 11.1. The Kier molecular flexibility index (Phi) is 4.10. The molecule has 0 amide bonds. The predicted octanol–water partition coefficient (Wildman–Crippen LogP) is 2.01. The summed E-state index contributed by atoms with van der Waals surface area (Å²) in [5.41, 5.74) is 5.85. The van der Waals surface area contributed by atoms with E-state index in [0.29, 0.717) is 6.61 Å². The molecule has 3 nitrogen and oxygen atoms in total. The highest BCUT2D eigenvalue weighted by Crippen LogP contribution is 2.23. The van der Waals surface area contributed by atoms with Crippen LogP contribution in [0.15, 0.2) is 12.1 Å². The van der Waals surface area contributed by atoms with Crippen LogP contribution in [0.1, 0.15) is 29.1 Å². The third-order valence-corrected chi connectivity index (χ3v) is 2.95. The zero-order chi connectivity index (χ0) is 10.6. The van der Waals surface area contributed by atoms with E-state index in [9.17, 15) is 4.79 Å². The second-order valence-corrected chi connectivity index (χ2v) is 4.38. The summed E-state index contributed by atoms with van der Waals surface area (Å²) in [7, 11) is 0. The lowest BCUT2D eigenvalue weighted by Gasteiger charge is -2.08. The lowest BCUT2D eigenvalue weighted by molar-refractivity contribution is -0.143. The summed E-state index contributed by atoms with van der Waals surface area (Å²) >= 11 is 1.62. The van der Waals surface area contributed by atoms with Crippen LogP contribution in [0, 0.1) is 6.92 Å². The molecule has 0 aliphatic carbocycles. The van der Waals surface area contributed by atoms with Crippen LogP contribution < -0.4 is 5.73 Å². The number of rotatable bonds is 4. The average Bonchev–Trinajstić information content (AvgIpc) is 2.52. The molecule has 1 aromatic rings. The topological polar surface area (TPSA) is 52.3 Å². The number of carbonyl (C=O) groups is 1. The van der Waals surface area contributed by atoms with Gasteiger partial charge in [0.15, 0.2) is 0 Å². The lowest BCUT2D eigenvalue weighted by atomic mass is 10.2.